The zero-order valence-corrected chi connectivity index (χ0v) is 16.7. The highest BCUT2D eigenvalue weighted by Gasteiger charge is 2.17. The van der Waals surface area contributed by atoms with Crippen molar-refractivity contribution in [2.75, 3.05) is 24.9 Å². The molecule has 2 aromatic carbocycles. The van der Waals surface area contributed by atoms with Crippen LogP contribution in [0.3, 0.4) is 0 Å². The minimum atomic E-state index is -0.648. The van der Waals surface area contributed by atoms with Gasteiger partial charge in [-0.15, -0.1) is 0 Å². The SMILES string of the molecule is COc1cc(NC(=O)c2ccccc2)c(OC)cc1NC(=O)Cn1cnc([N+](=O)[O-])c1. The molecular formula is C20H19N5O6. The molecule has 0 spiro atoms. The molecule has 31 heavy (non-hydrogen) atoms. The Bertz CT molecular complexity index is 1110. The number of aromatic nitrogens is 2. The van der Waals surface area contributed by atoms with Gasteiger partial charge in [0.2, 0.25) is 12.2 Å². The molecule has 0 radical (unpaired) electrons. The Kier molecular flexibility index (Phi) is 6.45. The van der Waals surface area contributed by atoms with Crippen LogP contribution < -0.4 is 20.1 Å². The second kappa shape index (κ2) is 9.39. The highest BCUT2D eigenvalue weighted by atomic mass is 16.6. The largest absolute Gasteiger partial charge is 0.494 e. The number of rotatable bonds is 8. The number of amides is 2. The van der Waals surface area contributed by atoms with Crippen molar-refractivity contribution in [1.29, 1.82) is 0 Å². The van der Waals surface area contributed by atoms with Gasteiger partial charge in [0.1, 0.15) is 24.2 Å². The van der Waals surface area contributed by atoms with Crippen molar-refractivity contribution in [2.24, 2.45) is 0 Å². The van der Waals surface area contributed by atoms with Crippen LogP contribution in [0.25, 0.3) is 0 Å². The third kappa shape index (κ3) is 5.15. The van der Waals surface area contributed by atoms with Crippen LogP contribution in [0.2, 0.25) is 0 Å². The van der Waals surface area contributed by atoms with E-state index in [4.69, 9.17) is 9.47 Å². The average Bonchev–Trinajstić information content (AvgIpc) is 3.23. The first-order valence-corrected chi connectivity index (χ1v) is 8.99. The molecule has 11 heteroatoms. The predicted octanol–water partition coefficient (Wildman–Crippen LogP) is 2.70. The van der Waals surface area contributed by atoms with E-state index in [9.17, 15) is 19.7 Å². The molecule has 0 unspecified atom stereocenters. The summed E-state index contributed by atoms with van der Waals surface area (Å²) in [5.41, 5.74) is 1.13. The smallest absolute Gasteiger partial charge is 0.381 e. The quantitative estimate of drug-likeness (QED) is 0.418. The monoisotopic (exact) mass is 425 g/mol. The molecule has 3 aromatic rings. The fourth-order valence-corrected chi connectivity index (χ4v) is 2.76. The number of nitrogens with one attached hydrogen (secondary N) is 2. The second-order valence-electron chi connectivity index (χ2n) is 6.28. The third-order valence-corrected chi connectivity index (χ3v) is 4.21. The topological polar surface area (TPSA) is 138 Å². The van der Waals surface area contributed by atoms with Crippen LogP contribution in [0, 0.1) is 10.1 Å². The molecule has 0 fully saturated rings. The molecule has 1 aromatic heterocycles. The summed E-state index contributed by atoms with van der Waals surface area (Å²) >= 11 is 0. The van der Waals surface area contributed by atoms with Gasteiger partial charge in [0.15, 0.2) is 0 Å². The standard InChI is InChI=1S/C20H19N5O6/c1-30-16-9-15(23-20(27)13-6-4-3-5-7-13)17(31-2)8-14(16)22-19(26)11-24-10-18(21-12-24)25(28)29/h3-10,12H,11H2,1-2H3,(H,22,26)(H,23,27). The van der Waals surface area contributed by atoms with Gasteiger partial charge in [0, 0.05) is 17.7 Å². The van der Waals surface area contributed by atoms with E-state index in [1.165, 1.54) is 37.2 Å². The number of imidazole rings is 1. The molecule has 0 bridgehead atoms. The minimum absolute atomic E-state index is 0.196. The first kappa shape index (κ1) is 21.3. The molecule has 160 valence electrons. The molecule has 1 heterocycles. The first-order chi connectivity index (χ1) is 14.9. The Morgan fingerprint density at radius 2 is 1.68 bits per heavy atom. The predicted molar refractivity (Wildman–Crippen MR) is 111 cm³/mol. The number of nitrogens with zero attached hydrogens (tertiary/aromatic N) is 3. The third-order valence-electron chi connectivity index (χ3n) is 4.21. The molecule has 0 aliphatic rings. The highest BCUT2D eigenvalue weighted by molar-refractivity contribution is 6.05. The molecule has 11 nitrogen and oxygen atoms in total. The van der Waals surface area contributed by atoms with Crippen molar-refractivity contribution >= 4 is 29.0 Å². The number of hydrogen-bond donors (Lipinski definition) is 2. The van der Waals surface area contributed by atoms with Crippen LogP contribution in [0.4, 0.5) is 17.2 Å². The lowest BCUT2D eigenvalue weighted by Crippen LogP contribution is -2.19. The highest BCUT2D eigenvalue weighted by Crippen LogP contribution is 2.36. The molecule has 0 aliphatic heterocycles. The van der Waals surface area contributed by atoms with Gasteiger partial charge in [-0.25, -0.2) is 0 Å². The minimum Gasteiger partial charge on any atom is -0.494 e. The molecule has 0 saturated heterocycles. The molecule has 0 aliphatic carbocycles. The Balaban J connectivity index is 1.78. The van der Waals surface area contributed by atoms with Gasteiger partial charge in [-0.05, 0) is 22.0 Å². The van der Waals surface area contributed by atoms with E-state index in [-0.39, 0.29) is 24.0 Å². The van der Waals surface area contributed by atoms with Gasteiger partial charge in [-0.1, -0.05) is 18.2 Å². The summed E-state index contributed by atoms with van der Waals surface area (Å²) < 4.78 is 12.0. The molecule has 2 N–H and O–H groups in total. The fourth-order valence-electron chi connectivity index (χ4n) is 2.76. The van der Waals surface area contributed by atoms with Crippen molar-refractivity contribution in [2.45, 2.75) is 6.54 Å². The van der Waals surface area contributed by atoms with E-state index in [1.807, 2.05) is 0 Å². The van der Waals surface area contributed by atoms with E-state index >= 15 is 0 Å². The van der Waals surface area contributed by atoms with Crippen molar-refractivity contribution in [1.82, 2.24) is 9.55 Å². The van der Waals surface area contributed by atoms with Gasteiger partial charge in [-0.2, -0.15) is 0 Å². The number of carbonyl (C=O) groups excluding carboxylic acids is 2. The molecular weight excluding hydrogens is 406 g/mol. The summed E-state index contributed by atoms with van der Waals surface area (Å²) in [6.45, 7) is -0.196. The summed E-state index contributed by atoms with van der Waals surface area (Å²) in [5, 5.41) is 16.1. The maximum atomic E-state index is 12.5. The van der Waals surface area contributed by atoms with Crippen LogP contribution in [0.5, 0.6) is 11.5 Å². The summed E-state index contributed by atoms with van der Waals surface area (Å²) in [4.78, 5) is 38.5. The van der Waals surface area contributed by atoms with E-state index in [1.54, 1.807) is 30.3 Å². The molecule has 3 rings (SSSR count). The molecule has 2 amide bonds. The molecule has 0 atom stereocenters. The van der Waals surface area contributed by atoms with Crippen LogP contribution in [0.1, 0.15) is 10.4 Å². The summed E-state index contributed by atoms with van der Waals surface area (Å²) in [5.74, 6) is -0.563. The number of nitro groups is 1. The van der Waals surface area contributed by atoms with E-state index in [2.05, 4.69) is 15.6 Å². The van der Waals surface area contributed by atoms with Crippen molar-refractivity contribution < 1.29 is 24.0 Å². The fraction of sp³-hybridized carbons (Fsp3) is 0.150. The van der Waals surface area contributed by atoms with Gasteiger partial charge in [0.25, 0.3) is 5.91 Å². The Morgan fingerprint density at radius 3 is 2.23 bits per heavy atom. The van der Waals surface area contributed by atoms with Crippen LogP contribution in [-0.2, 0) is 11.3 Å². The second-order valence-corrected chi connectivity index (χ2v) is 6.28. The number of benzene rings is 2. The number of anilines is 2. The average molecular weight is 425 g/mol. The lowest BCUT2D eigenvalue weighted by molar-refractivity contribution is -0.389. The zero-order chi connectivity index (χ0) is 22.4. The van der Waals surface area contributed by atoms with Gasteiger partial charge in [0.05, 0.1) is 25.6 Å². The number of methoxy groups -OCH3 is 2. The lowest BCUT2D eigenvalue weighted by Gasteiger charge is -2.16. The van der Waals surface area contributed by atoms with E-state index < -0.39 is 10.8 Å². The van der Waals surface area contributed by atoms with E-state index in [0.717, 1.165) is 6.20 Å². The molecule has 0 saturated carbocycles. The number of carbonyl (C=O) groups is 2. The Morgan fingerprint density at radius 1 is 1.06 bits per heavy atom. The van der Waals surface area contributed by atoms with Gasteiger partial charge in [-0.3, -0.25) is 9.59 Å². The van der Waals surface area contributed by atoms with E-state index in [0.29, 0.717) is 22.7 Å². The van der Waals surface area contributed by atoms with Crippen LogP contribution in [-0.4, -0.2) is 40.5 Å². The maximum absolute atomic E-state index is 12.5. The normalized spacial score (nSPS) is 10.3. The summed E-state index contributed by atoms with van der Waals surface area (Å²) in [6, 6.07) is 11.7. The summed E-state index contributed by atoms with van der Waals surface area (Å²) in [6.07, 6.45) is 2.34. The van der Waals surface area contributed by atoms with Crippen molar-refractivity contribution in [3.8, 4) is 11.5 Å². The summed E-state index contributed by atoms with van der Waals surface area (Å²) in [7, 11) is 2.84. The Labute approximate surface area is 176 Å². The van der Waals surface area contributed by atoms with Crippen LogP contribution in [0.15, 0.2) is 55.0 Å². The van der Waals surface area contributed by atoms with Gasteiger partial charge < -0.3 is 34.8 Å². The number of hydrogen-bond acceptors (Lipinski definition) is 7. The first-order valence-electron chi connectivity index (χ1n) is 8.99. The Hall–Kier alpha value is -4.41. The lowest BCUT2D eigenvalue weighted by atomic mass is 10.2. The van der Waals surface area contributed by atoms with Crippen molar-refractivity contribution in [3.63, 3.8) is 0 Å². The van der Waals surface area contributed by atoms with Crippen LogP contribution >= 0.6 is 0 Å². The van der Waals surface area contributed by atoms with Crippen molar-refractivity contribution in [3.05, 3.63) is 70.7 Å². The van der Waals surface area contributed by atoms with Gasteiger partial charge >= 0.3 is 5.82 Å². The zero-order valence-electron chi connectivity index (χ0n) is 16.7. The maximum Gasteiger partial charge on any atom is 0.381 e. The number of ether oxygens (including phenoxy) is 2.